The second kappa shape index (κ2) is 9.67. The first-order valence-electron chi connectivity index (χ1n) is 13.3. The van der Waals surface area contributed by atoms with Gasteiger partial charge < -0.3 is 25.0 Å². The summed E-state index contributed by atoms with van der Waals surface area (Å²) in [5.41, 5.74) is 6.00. The van der Waals surface area contributed by atoms with Gasteiger partial charge in [0.25, 0.3) is 5.91 Å². The number of hydrogen-bond donors (Lipinski definition) is 2. The third-order valence-corrected chi connectivity index (χ3v) is 7.85. The van der Waals surface area contributed by atoms with E-state index in [4.69, 9.17) is 0 Å². The lowest BCUT2D eigenvalue weighted by Crippen LogP contribution is -2.47. The summed E-state index contributed by atoms with van der Waals surface area (Å²) in [5.74, 6) is 0.0966. The Hall–Kier alpha value is -3.65. The second-order valence-corrected chi connectivity index (χ2v) is 10.6. The maximum atomic E-state index is 12.9. The number of urea groups is 1. The highest BCUT2D eigenvalue weighted by atomic mass is 16.2. The molecule has 6 rings (SSSR count). The van der Waals surface area contributed by atoms with Crippen molar-refractivity contribution in [1.82, 2.24) is 30.0 Å². The molecule has 2 fully saturated rings. The van der Waals surface area contributed by atoms with E-state index in [-0.39, 0.29) is 18.0 Å². The van der Waals surface area contributed by atoms with Crippen molar-refractivity contribution in [3.8, 4) is 11.1 Å². The molecule has 1 saturated carbocycles. The molecule has 0 bridgehead atoms. The lowest BCUT2D eigenvalue weighted by atomic mass is 9.95. The number of hydrogen-bond acceptors (Lipinski definition) is 4. The van der Waals surface area contributed by atoms with Crippen molar-refractivity contribution in [2.45, 2.75) is 38.3 Å². The molecular weight excluding hydrogens is 464 g/mol. The standard InChI is InChI=1S/C29H34N6O2/c1-19-15-22(9-10-35(19)29(37)32-24-7-8-24)26-18-31-27-25(26)16-23(17-30-27)20-3-5-21(6-4-20)28(36)34-13-11-33(2)12-14-34/h3-6,15-19,24H,7-14H2,1-2H3,(H,30,31)(H,32,37). The Labute approximate surface area is 217 Å². The molecule has 8 heteroatoms. The lowest BCUT2D eigenvalue weighted by molar-refractivity contribution is 0.0664. The Morgan fingerprint density at radius 3 is 2.49 bits per heavy atom. The Kier molecular flexibility index (Phi) is 6.20. The summed E-state index contributed by atoms with van der Waals surface area (Å²) in [6.07, 6.45) is 9.09. The number of carbonyl (C=O) groups is 2. The molecule has 37 heavy (non-hydrogen) atoms. The average Bonchev–Trinajstić information content (AvgIpc) is 3.63. The number of rotatable bonds is 4. The monoisotopic (exact) mass is 498 g/mol. The van der Waals surface area contributed by atoms with Gasteiger partial charge in [-0.05, 0) is 62.6 Å². The van der Waals surface area contributed by atoms with E-state index in [1.165, 1.54) is 5.57 Å². The molecule has 8 nitrogen and oxygen atoms in total. The van der Waals surface area contributed by atoms with Crippen molar-refractivity contribution in [2.75, 3.05) is 39.8 Å². The van der Waals surface area contributed by atoms with E-state index in [1.54, 1.807) is 0 Å². The van der Waals surface area contributed by atoms with Crippen molar-refractivity contribution in [2.24, 2.45) is 0 Å². The summed E-state index contributed by atoms with van der Waals surface area (Å²) < 4.78 is 0. The Bertz CT molecular complexity index is 1350. The minimum absolute atomic E-state index is 0.0361. The molecule has 1 atom stereocenters. The van der Waals surface area contributed by atoms with E-state index >= 15 is 0 Å². The number of H-pyrrole nitrogens is 1. The number of carbonyl (C=O) groups excluding carboxylic acids is 2. The molecule has 4 heterocycles. The SMILES string of the molecule is CC1C=C(c2c[nH]c3ncc(-c4ccc(C(=O)N5CCN(C)CC5)cc4)cc23)CCN1C(=O)NC1CC1. The fraction of sp³-hybridized carbons (Fsp3) is 0.414. The summed E-state index contributed by atoms with van der Waals surface area (Å²) in [5, 5.41) is 4.18. The largest absolute Gasteiger partial charge is 0.346 e. The van der Waals surface area contributed by atoms with E-state index in [9.17, 15) is 9.59 Å². The van der Waals surface area contributed by atoms with Crippen molar-refractivity contribution >= 4 is 28.5 Å². The van der Waals surface area contributed by atoms with Crippen LogP contribution in [0.5, 0.6) is 0 Å². The van der Waals surface area contributed by atoms with Gasteiger partial charge in [-0.2, -0.15) is 0 Å². The van der Waals surface area contributed by atoms with Gasteiger partial charge in [0, 0.05) is 79.3 Å². The Morgan fingerprint density at radius 2 is 1.78 bits per heavy atom. The molecule has 1 aliphatic carbocycles. The third-order valence-electron chi connectivity index (χ3n) is 7.85. The van der Waals surface area contributed by atoms with Crippen LogP contribution >= 0.6 is 0 Å². The van der Waals surface area contributed by atoms with Crippen LogP contribution in [0.4, 0.5) is 4.79 Å². The zero-order chi connectivity index (χ0) is 25.5. The molecule has 1 unspecified atom stereocenters. The third kappa shape index (κ3) is 4.85. The van der Waals surface area contributed by atoms with Gasteiger partial charge in [0.2, 0.25) is 0 Å². The molecule has 2 aromatic heterocycles. The maximum absolute atomic E-state index is 12.9. The molecule has 3 aliphatic rings. The van der Waals surface area contributed by atoms with Crippen LogP contribution in [0.25, 0.3) is 27.7 Å². The Balaban J connectivity index is 1.21. The number of piperazine rings is 1. The van der Waals surface area contributed by atoms with Crippen molar-refractivity contribution in [1.29, 1.82) is 0 Å². The number of likely N-dealkylation sites (N-methyl/N-ethyl adjacent to an activating group) is 1. The van der Waals surface area contributed by atoms with Crippen LogP contribution in [0.2, 0.25) is 0 Å². The van der Waals surface area contributed by atoms with Gasteiger partial charge in [-0.3, -0.25) is 4.79 Å². The number of aromatic nitrogens is 2. The summed E-state index contributed by atoms with van der Waals surface area (Å²) in [6, 6.07) is 10.5. The van der Waals surface area contributed by atoms with Gasteiger partial charge in [0.05, 0.1) is 0 Å². The molecular formula is C29H34N6O2. The van der Waals surface area contributed by atoms with Crippen LogP contribution in [0.1, 0.15) is 42.1 Å². The highest BCUT2D eigenvalue weighted by Gasteiger charge is 2.29. The number of nitrogens with one attached hydrogen (secondary N) is 2. The van der Waals surface area contributed by atoms with Crippen LogP contribution < -0.4 is 5.32 Å². The summed E-state index contributed by atoms with van der Waals surface area (Å²) in [7, 11) is 2.09. The zero-order valence-electron chi connectivity index (χ0n) is 21.5. The molecule has 0 spiro atoms. The number of pyridine rings is 1. The van der Waals surface area contributed by atoms with Crippen molar-refractivity contribution < 1.29 is 9.59 Å². The Morgan fingerprint density at radius 1 is 1.03 bits per heavy atom. The first-order chi connectivity index (χ1) is 18.0. The molecule has 1 aromatic carbocycles. The quantitative estimate of drug-likeness (QED) is 0.570. The van der Waals surface area contributed by atoms with Gasteiger partial charge in [-0.1, -0.05) is 18.2 Å². The van der Waals surface area contributed by atoms with Crippen LogP contribution in [-0.4, -0.2) is 88.5 Å². The van der Waals surface area contributed by atoms with E-state index in [1.807, 2.05) is 46.5 Å². The molecule has 2 N–H and O–H groups in total. The van der Waals surface area contributed by atoms with Gasteiger partial charge >= 0.3 is 6.03 Å². The molecule has 1 saturated heterocycles. The molecule has 3 amide bonds. The smallest absolute Gasteiger partial charge is 0.318 e. The molecule has 192 valence electrons. The number of benzene rings is 1. The van der Waals surface area contributed by atoms with Crippen molar-refractivity contribution in [3.63, 3.8) is 0 Å². The number of amides is 3. The number of fused-ring (bicyclic) bond motifs is 1. The number of aromatic amines is 1. The minimum Gasteiger partial charge on any atom is -0.346 e. The van der Waals surface area contributed by atoms with E-state index in [2.05, 4.69) is 46.3 Å². The van der Waals surface area contributed by atoms with Gasteiger partial charge in [0.1, 0.15) is 5.65 Å². The highest BCUT2D eigenvalue weighted by Crippen LogP contribution is 2.33. The lowest BCUT2D eigenvalue weighted by Gasteiger charge is -2.32. The van der Waals surface area contributed by atoms with Gasteiger partial charge in [0.15, 0.2) is 0 Å². The first-order valence-corrected chi connectivity index (χ1v) is 13.3. The summed E-state index contributed by atoms with van der Waals surface area (Å²) in [4.78, 5) is 39.6. The van der Waals surface area contributed by atoms with Crippen LogP contribution in [-0.2, 0) is 0 Å². The molecule has 2 aliphatic heterocycles. The summed E-state index contributed by atoms with van der Waals surface area (Å²) in [6.45, 7) is 6.14. The molecule has 3 aromatic rings. The maximum Gasteiger partial charge on any atom is 0.318 e. The van der Waals surface area contributed by atoms with Gasteiger partial charge in [-0.15, -0.1) is 0 Å². The fourth-order valence-corrected chi connectivity index (χ4v) is 5.33. The highest BCUT2D eigenvalue weighted by molar-refractivity contribution is 5.96. The van der Waals surface area contributed by atoms with Crippen LogP contribution in [0, 0.1) is 0 Å². The van der Waals surface area contributed by atoms with Crippen molar-refractivity contribution in [3.05, 3.63) is 59.9 Å². The van der Waals surface area contributed by atoms with E-state index in [0.717, 1.165) is 78.7 Å². The normalized spacial score (nSPS) is 20.7. The summed E-state index contributed by atoms with van der Waals surface area (Å²) >= 11 is 0. The predicted molar refractivity (Wildman–Crippen MR) is 145 cm³/mol. The topological polar surface area (TPSA) is 84.6 Å². The minimum atomic E-state index is 0.0361. The first kappa shape index (κ1) is 23.7. The van der Waals surface area contributed by atoms with Crippen LogP contribution in [0.3, 0.4) is 0 Å². The van der Waals surface area contributed by atoms with Crippen LogP contribution in [0.15, 0.2) is 48.8 Å². The number of nitrogens with zero attached hydrogens (tertiary/aromatic N) is 4. The van der Waals surface area contributed by atoms with Gasteiger partial charge in [-0.25, -0.2) is 9.78 Å². The fourth-order valence-electron chi connectivity index (χ4n) is 5.33. The molecule has 0 radical (unpaired) electrons. The average molecular weight is 499 g/mol. The van der Waals surface area contributed by atoms with E-state index < -0.39 is 0 Å². The zero-order valence-corrected chi connectivity index (χ0v) is 21.5. The predicted octanol–water partition coefficient (Wildman–Crippen LogP) is 3.97. The van der Waals surface area contributed by atoms with E-state index in [0.29, 0.717) is 12.6 Å². The second-order valence-electron chi connectivity index (χ2n) is 10.6.